The molecule has 0 bridgehead atoms. The molecule has 0 fully saturated rings. The lowest BCUT2D eigenvalue weighted by molar-refractivity contribution is -0.384. The number of esters is 1. The molecular weight excluding hydrogens is 448 g/mol. The van der Waals surface area contributed by atoms with Crippen molar-refractivity contribution in [3.05, 3.63) is 118 Å². The minimum Gasteiger partial charge on any atom is -0.465 e. The van der Waals surface area contributed by atoms with Gasteiger partial charge in [-0.05, 0) is 41.5 Å². The molecule has 1 heterocycles. The predicted molar refractivity (Wildman–Crippen MR) is 129 cm³/mol. The molecule has 0 radical (unpaired) electrons. The minimum atomic E-state index is -0.426. The van der Waals surface area contributed by atoms with E-state index >= 15 is 0 Å². The number of hydrogen-bond acceptors (Lipinski definition) is 7. The van der Waals surface area contributed by atoms with Crippen molar-refractivity contribution >= 4 is 11.7 Å². The summed E-state index contributed by atoms with van der Waals surface area (Å²) in [4.78, 5) is 31.8. The molecule has 4 rings (SSSR count). The quantitative estimate of drug-likeness (QED) is 0.194. The van der Waals surface area contributed by atoms with Crippen LogP contribution in [0.15, 0.2) is 85.3 Å². The second-order valence-corrected chi connectivity index (χ2v) is 7.91. The molecule has 3 aromatic carbocycles. The number of benzene rings is 3. The standard InChI is InChI=1S/C26H24N4O5/c1-34-26(31)21-5-3-7-25(13-21)35-24-6-2-4-20(12-24)16-29(17-22-14-27-18-28-22)15-19-8-10-23(11-9-19)30(32)33/h2-14,18H,15-17H2,1H3,(H,27,28). The Labute approximate surface area is 202 Å². The summed E-state index contributed by atoms with van der Waals surface area (Å²) in [5.41, 5.74) is 3.42. The number of aromatic amines is 1. The Morgan fingerprint density at radius 3 is 2.37 bits per heavy atom. The Morgan fingerprint density at radius 1 is 0.971 bits per heavy atom. The predicted octanol–water partition coefficient (Wildman–Crippen LogP) is 5.10. The van der Waals surface area contributed by atoms with Crippen molar-refractivity contribution in [2.45, 2.75) is 19.6 Å². The Hall–Kier alpha value is -4.50. The number of nitrogens with one attached hydrogen (secondary N) is 1. The first kappa shape index (κ1) is 23.7. The largest absolute Gasteiger partial charge is 0.465 e. The summed E-state index contributed by atoms with van der Waals surface area (Å²) in [6.07, 6.45) is 3.41. The summed E-state index contributed by atoms with van der Waals surface area (Å²) in [6, 6.07) is 21.1. The number of methoxy groups -OCH3 is 1. The smallest absolute Gasteiger partial charge is 0.337 e. The highest BCUT2D eigenvalue weighted by Gasteiger charge is 2.12. The van der Waals surface area contributed by atoms with Crippen molar-refractivity contribution in [3.63, 3.8) is 0 Å². The maximum atomic E-state index is 11.8. The number of ether oxygens (including phenoxy) is 2. The zero-order valence-electron chi connectivity index (χ0n) is 19.1. The van der Waals surface area contributed by atoms with Crippen molar-refractivity contribution < 1.29 is 19.2 Å². The van der Waals surface area contributed by atoms with Crippen LogP contribution in [0.2, 0.25) is 0 Å². The van der Waals surface area contributed by atoms with Crippen molar-refractivity contribution in [3.8, 4) is 11.5 Å². The monoisotopic (exact) mass is 472 g/mol. The number of nitrogens with zero attached hydrogens (tertiary/aromatic N) is 3. The average molecular weight is 473 g/mol. The van der Waals surface area contributed by atoms with E-state index in [0.717, 1.165) is 16.8 Å². The Morgan fingerprint density at radius 2 is 1.69 bits per heavy atom. The third-order valence-corrected chi connectivity index (χ3v) is 5.30. The van der Waals surface area contributed by atoms with E-state index in [1.807, 2.05) is 24.3 Å². The first-order chi connectivity index (χ1) is 17.0. The average Bonchev–Trinajstić information content (AvgIpc) is 3.37. The molecular formula is C26H24N4O5. The van der Waals surface area contributed by atoms with Crippen LogP contribution < -0.4 is 4.74 Å². The fraction of sp³-hybridized carbons (Fsp3) is 0.154. The van der Waals surface area contributed by atoms with Gasteiger partial charge in [0.1, 0.15) is 11.5 Å². The highest BCUT2D eigenvalue weighted by molar-refractivity contribution is 5.89. The second kappa shape index (κ2) is 11.1. The summed E-state index contributed by atoms with van der Waals surface area (Å²) >= 11 is 0. The molecule has 1 N–H and O–H groups in total. The van der Waals surface area contributed by atoms with Gasteiger partial charge in [-0.1, -0.05) is 30.3 Å². The van der Waals surface area contributed by atoms with Crippen molar-refractivity contribution in [1.29, 1.82) is 0 Å². The number of nitro groups is 1. The summed E-state index contributed by atoms with van der Waals surface area (Å²) < 4.78 is 10.8. The number of non-ortho nitro benzene ring substituents is 1. The van der Waals surface area contributed by atoms with Crippen LogP contribution in [-0.2, 0) is 24.4 Å². The summed E-state index contributed by atoms with van der Waals surface area (Å²) in [7, 11) is 1.34. The van der Waals surface area contributed by atoms with E-state index in [-0.39, 0.29) is 5.69 Å². The molecule has 178 valence electrons. The van der Waals surface area contributed by atoms with Crippen molar-refractivity contribution in [2.24, 2.45) is 0 Å². The van der Waals surface area contributed by atoms with Crippen molar-refractivity contribution in [1.82, 2.24) is 14.9 Å². The van der Waals surface area contributed by atoms with E-state index in [1.165, 1.54) is 19.2 Å². The Bertz CT molecular complexity index is 1290. The molecule has 0 aliphatic carbocycles. The molecule has 0 saturated carbocycles. The van der Waals surface area contributed by atoms with Gasteiger partial charge in [-0.15, -0.1) is 0 Å². The number of nitro benzene ring substituents is 1. The molecule has 0 aliphatic rings. The number of rotatable bonds is 10. The first-order valence-electron chi connectivity index (χ1n) is 10.9. The van der Waals surface area contributed by atoms with Crippen LogP contribution in [0.25, 0.3) is 0 Å². The van der Waals surface area contributed by atoms with Crippen molar-refractivity contribution in [2.75, 3.05) is 7.11 Å². The lowest BCUT2D eigenvalue weighted by atomic mass is 10.1. The number of aromatic nitrogens is 2. The van der Waals surface area contributed by atoms with Gasteiger partial charge in [-0.25, -0.2) is 9.78 Å². The van der Waals surface area contributed by atoms with Gasteiger partial charge in [0.25, 0.3) is 5.69 Å². The van der Waals surface area contributed by atoms with E-state index in [0.29, 0.717) is 36.7 Å². The lowest BCUT2D eigenvalue weighted by Gasteiger charge is -2.22. The van der Waals surface area contributed by atoms with Crippen LogP contribution in [0.3, 0.4) is 0 Å². The number of imidazole rings is 1. The normalized spacial score (nSPS) is 10.8. The minimum absolute atomic E-state index is 0.0648. The fourth-order valence-electron chi connectivity index (χ4n) is 3.67. The number of carbonyl (C=O) groups is 1. The van der Waals surface area contributed by atoms with Crippen LogP contribution in [0.4, 0.5) is 5.69 Å². The summed E-state index contributed by atoms with van der Waals surface area (Å²) in [5.74, 6) is 0.747. The van der Waals surface area contributed by atoms with Gasteiger partial charge in [0.2, 0.25) is 0 Å². The van der Waals surface area contributed by atoms with E-state index in [9.17, 15) is 14.9 Å². The Balaban J connectivity index is 1.50. The third-order valence-electron chi connectivity index (χ3n) is 5.30. The summed E-state index contributed by atoms with van der Waals surface area (Å²) in [5, 5.41) is 11.0. The topological polar surface area (TPSA) is 111 Å². The maximum Gasteiger partial charge on any atom is 0.337 e. The van der Waals surface area contributed by atoms with Crippen LogP contribution in [-0.4, -0.2) is 32.9 Å². The van der Waals surface area contributed by atoms with Crippen LogP contribution in [0, 0.1) is 10.1 Å². The highest BCUT2D eigenvalue weighted by Crippen LogP contribution is 2.25. The zero-order valence-corrected chi connectivity index (χ0v) is 19.1. The van der Waals surface area contributed by atoms with E-state index < -0.39 is 10.9 Å². The molecule has 0 aliphatic heterocycles. The highest BCUT2D eigenvalue weighted by atomic mass is 16.6. The fourth-order valence-corrected chi connectivity index (χ4v) is 3.67. The molecule has 0 amide bonds. The van der Waals surface area contributed by atoms with Gasteiger partial charge in [0, 0.05) is 43.7 Å². The van der Waals surface area contributed by atoms with E-state index in [2.05, 4.69) is 14.9 Å². The lowest BCUT2D eigenvalue weighted by Crippen LogP contribution is -2.22. The molecule has 1 aromatic heterocycles. The molecule has 35 heavy (non-hydrogen) atoms. The molecule has 0 spiro atoms. The zero-order chi connectivity index (χ0) is 24.6. The van der Waals surface area contributed by atoms with Gasteiger partial charge < -0.3 is 14.5 Å². The van der Waals surface area contributed by atoms with Crippen LogP contribution >= 0.6 is 0 Å². The first-order valence-corrected chi connectivity index (χ1v) is 10.9. The van der Waals surface area contributed by atoms with Crippen LogP contribution in [0.1, 0.15) is 27.2 Å². The van der Waals surface area contributed by atoms with Gasteiger partial charge in [-0.3, -0.25) is 15.0 Å². The molecule has 0 unspecified atom stereocenters. The maximum absolute atomic E-state index is 11.8. The Kier molecular flexibility index (Phi) is 7.49. The van der Waals surface area contributed by atoms with E-state index in [4.69, 9.17) is 9.47 Å². The molecule has 4 aromatic rings. The second-order valence-electron chi connectivity index (χ2n) is 7.91. The number of H-pyrrole nitrogens is 1. The number of hydrogen-bond donors (Lipinski definition) is 1. The molecule has 0 saturated heterocycles. The number of carbonyl (C=O) groups excluding carboxylic acids is 1. The SMILES string of the molecule is COC(=O)c1cccc(Oc2cccc(CN(Cc3ccc([N+](=O)[O-])cc3)Cc3cnc[nH]3)c2)c1. The van der Waals surface area contributed by atoms with Gasteiger partial charge in [0.15, 0.2) is 0 Å². The molecule has 9 heteroatoms. The molecule has 0 atom stereocenters. The van der Waals surface area contributed by atoms with Crippen LogP contribution in [0.5, 0.6) is 11.5 Å². The molecule has 9 nitrogen and oxygen atoms in total. The third kappa shape index (κ3) is 6.52. The van der Waals surface area contributed by atoms with Gasteiger partial charge in [0.05, 0.1) is 23.9 Å². The van der Waals surface area contributed by atoms with E-state index in [1.54, 1.807) is 48.9 Å². The van der Waals surface area contributed by atoms with Gasteiger partial charge in [-0.2, -0.15) is 0 Å². The van der Waals surface area contributed by atoms with Gasteiger partial charge >= 0.3 is 5.97 Å². The summed E-state index contributed by atoms with van der Waals surface area (Å²) in [6.45, 7) is 1.81.